The molecule has 0 saturated carbocycles. The molecule has 0 aromatic rings. The molecule has 4 heteroatoms. The average Bonchev–Trinajstić information content (AvgIpc) is 2.75. The minimum absolute atomic E-state index is 0.0798. The molecule has 110 valence electrons. The zero-order valence-electron chi connectivity index (χ0n) is 12.5. The molecule has 0 aliphatic carbocycles. The first-order valence-electron chi connectivity index (χ1n) is 7.40. The molecule has 2 aliphatic rings. The molecule has 0 aromatic heterocycles. The maximum absolute atomic E-state index is 12.3. The predicted octanol–water partition coefficient (Wildman–Crippen LogP) is 1.92. The van der Waals surface area contributed by atoms with Gasteiger partial charge in [-0.3, -0.25) is 4.79 Å². The summed E-state index contributed by atoms with van der Waals surface area (Å²) in [6.07, 6.45) is 3.29. The summed E-state index contributed by atoms with van der Waals surface area (Å²) < 4.78 is 11.3. The Morgan fingerprint density at radius 2 is 2.16 bits per heavy atom. The fourth-order valence-corrected chi connectivity index (χ4v) is 2.93. The van der Waals surface area contributed by atoms with Gasteiger partial charge in [-0.25, -0.2) is 0 Å². The van der Waals surface area contributed by atoms with Crippen molar-refractivity contribution in [2.24, 2.45) is 5.92 Å². The zero-order valence-corrected chi connectivity index (χ0v) is 12.5. The maximum Gasteiger partial charge on any atom is 0.137 e. The molecule has 0 amide bonds. The van der Waals surface area contributed by atoms with Crippen LogP contribution in [0.25, 0.3) is 0 Å². The number of ketones is 1. The third-order valence-electron chi connectivity index (χ3n) is 4.04. The van der Waals surface area contributed by atoms with E-state index >= 15 is 0 Å². The van der Waals surface area contributed by atoms with E-state index < -0.39 is 0 Å². The van der Waals surface area contributed by atoms with Gasteiger partial charge in [-0.05, 0) is 33.6 Å². The van der Waals surface area contributed by atoms with Crippen molar-refractivity contribution in [2.75, 3.05) is 26.4 Å². The molecule has 0 aromatic carbocycles. The molecule has 2 fully saturated rings. The smallest absolute Gasteiger partial charge is 0.137 e. The number of nitrogens with one attached hydrogen (secondary N) is 1. The lowest BCUT2D eigenvalue weighted by atomic mass is 9.82. The number of Topliss-reactive ketones (excluding diaryl/α,β-unsaturated/α-hetero) is 1. The van der Waals surface area contributed by atoms with Crippen molar-refractivity contribution >= 4 is 5.78 Å². The monoisotopic (exact) mass is 269 g/mol. The third kappa shape index (κ3) is 4.26. The normalized spacial score (nSPS) is 31.8. The van der Waals surface area contributed by atoms with E-state index in [4.69, 9.17) is 9.47 Å². The number of hydrogen-bond acceptors (Lipinski definition) is 4. The summed E-state index contributed by atoms with van der Waals surface area (Å²) in [7, 11) is 0. The Kier molecular flexibility index (Phi) is 4.64. The Morgan fingerprint density at radius 3 is 2.79 bits per heavy atom. The minimum atomic E-state index is -0.157. The number of carbonyl (C=O) groups is 1. The Morgan fingerprint density at radius 1 is 1.37 bits per heavy atom. The van der Waals surface area contributed by atoms with Crippen molar-refractivity contribution < 1.29 is 14.3 Å². The molecule has 2 heterocycles. The van der Waals surface area contributed by atoms with Gasteiger partial charge in [0.25, 0.3) is 0 Å². The molecule has 1 N–H and O–H groups in total. The van der Waals surface area contributed by atoms with Crippen LogP contribution in [0.2, 0.25) is 0 Å². The fraction of sp³-hybridized carbons (Fsp3) is 0.933. The van der Waals surface area contributed by atoms with Gasteiger partial charge in [-0.2, -0.15) is 0 Å². The van der Waals surface area contributed by atoms with Gasteiger partial charge in [0.15, 0.2) is 0 Å². The van der Waals surface area contributed by atoms with Gasteiger partial charge < -0.3 is 14.8 Å². The van der Waals surface area contributed by atoms with Crippen LogP contribution in [0.1, 0.15) is 46.5 Å². The number of ether oxygens (including phenoxy) is 2. The summed E-state index contributed by atoms with van der Waals surface area (Å²) in [4.78, 5) is 12.3. The maximum atomic E-state index is 12.3. The first kappa shape index (κ1) is 14.9. The van der Waals surface area contributed by atoms with E-state index in [1.807, 2.05) is 0 Å². The second-order valence-corrected chi connectivity index (χ2v) is 6.92. The van der Waals surface area contributed by atoms with Crippen molar-refractivity contribution in [2.45, 2.75) is 57.6 Å². The molecule has 2 unspecified atom stereocenters. The Hall–Kier alpha value is -0.450. The van der Waals surface area contributed by atoms with Crippen molar-refractivity contribution in [1.29, 1.82) is 0 Å². The highest BCUT2D eigenvalue weighted by Crippen LogP contribution is 2.36. The summed E-state index contributed by atoms with van der Waals surface area (Å²) in [5, 5.41) is 3.38. The van der Waals surface area contributed by atoms with Crippen LogP contribution in [0, 0.1) is 5.92 Å². The van der Waals surface area contributed by atoms with Crippen LogP contribution in [0.3, 0.4) is 0 Å². The lowest BCUT2D eigenvalue weighted by Crippen LogP contribution is -2.43. The quantitative estimate of drug-likeness (QED) is 0.847. The van der Waals surface area contributed by atoms with Crippen molar-refractivity contribution in [3.63, 3.8) is 0 Å². The second kappa shape index (κ2) is 5.90. The number of rotatable bonds is 4. The van der Waals surface area contributed by atoms with E-state index in [1.165, 1.54) is 0 Å². The van der Waals surface area contributed by atoms with E-state index in [0.717, 1.165) is 32.4 Å². The Balaban J connectivity index is 1.79. The van der Waals surface area contributed by atoms with E-state index in [2.05, 4.69) is 26.1 Å². The molecule has 2 aliphatic heterocycles. The van der Waals surface area contributed by atoms with Crippen molar-refractivity contribution in [3.05, 3.63) is 0 Å². The molecule has 2 rings (SSSR count). The van der Waals surface area contributed by atoms with Crippen molar-refractivity contribution in [1.82, 2.24) is 5.32 Å². The fourth-order valence-electron chi connectivity index (χ4n) is 2.93. The van der Waals surface area contributed by atoms with E-state index in [-0.39, 0.29) is 17.1 Å². The molecular weight excluding hydrogens is 242 g/mol. The average molecular weight is 269 g/mol. The molecule has 4 nitrogen and oxygen atoms in total. The van der Waals surface area contributed by atoms with E-state index in [9.17, 15) is 4.79 Å². The van der Waals surface area contributed by atoms with Crippen LogP contribution in [0.4, 0.5) is 0 Å². The van der Waals surface area contributed by atoms with Gasteiger partial charge in [0.2, 0.25) is 0 Å². The largest absolute Gasteiger partial charge is 0.378 e. The molecule has 19 heavy (non-hydrogen) atoms. The molecule has 1 spiro atoms. The topological polar surface area (TPSA) is 47.6 Å². The van der Waals surface area contributed by atoms with Gasteiger partial charge in [-0.15, -0.1) is 0 Å². The molecule has 2 atom stereocenters. The lowest BCUT2D eigenvalue weighted by Gasteiger charge is -2.36. The number of hydrogen-bond donors (Lipinski definition) is 1. The standard InChI is InChI=1S/C15H27NO3/c1-14(2,3)16-7-4-13(17)12-5-8-19-15(10-12)6-9-18-11-15/h12,16H,4-11H2,1-3H3. The SMILES string of the molecule is CC(C)(C)NCCC(=O)C1CCOC2(CCOC2)C1. The van der Waals surface area contributed by atoms with Gasteiger partial charge in [0, 0.05) is 44.1 Å². The molecule has 0 bridgehead atoms. The van der Waals surface area contributed by atoms with Gasteiger partial charge in [0.05, 0.1) is 12.2 Å². The Bertz CT molecular complexity index is 316. The highest BCUT2D eigenvalue weighted by Gasteiger charge is 2.42. The Labute approximate surface area is 116 Å². The summed E-state index contributed by atoms with van der Waals surface area (Å²) in [5.74, 6) is 0.545. The lowest BCUT2D eigenvalue weighted by molar-refractivity contribution is -0.137. The van der Waals surface area contributed by atoms with E-state index in [1.54, 1.807) is 0 Å². The van der Waals surface area contributed by atoms with Crippen LogP contribution in [-0.4, -0.2) is 43.3 Å². The molecule has 0 radical (unpaired) electrons. The molecular formula is C15H27NO3. The number of carbonyl (C=O) groups excluding carboxylic acids is 1. The summed E-state index contributed by atoms with van der Waals surface area (Å²) in [5.41, 5.74) is -0.0769. The van der Waals surface area contributed by atoms with Crippen LogP contribution in [0.15, 0.2) is 0 Å². The minimum Gasteiger partial charge on any atom is -0.378 e. The second-order valence-electron chi connectivity index (χ2n) is 6.92. The van der Waals surface area contributed by atoms with Gasteiger partial charge >= 0.3 is 0 Å². The van der Waals surface area contributed by atoms with Gasteiger partial charge in [-0.1, -0.05) is 0 Å². The predicted molar refractivity (Wildman–Crippen MR) is 74.2 cm³/mol. The van der Waals surface area contributed by atoms with Gasteiger partial charge in [0.1, 0.15) is 5.78 Å². The van der Waals surface area contributed by atoms with Crippen LogP contribution < -0.4 is 5.32 Å². The van der Waals surface area contributed by atoms with E-state index in [0.29, 0.717) is 25.4 Å². The van der Waals surface area contributed by atoms with Crippen LogP contribution >= 0.6 is 0 Å². The van der Waals surface area contributed by atoms with Crippen LogP contribution in [0.5, 0.6) is 0 Å². The summed E-state index contributed by atoms with van der Waals surface area (Å²) >= 11 is 0. The highest BCUT2D eigenvalue weighted by atomic mass is 16.6. The summed E-state index contributed by atoms with van der Waals surface area (Å²) in [6.45, 7) is 9.27. The van der Waals surface area contributed by atoms with Crippen molar-refractivity contribution in [3.8, 4) is 0 Å². The first-order chi connectivity index (χ1) is 8.90. The highest BCUT2D eigenvalue weighted by molar-refractivity contribution is 5.81. The summed E-state index contributed by atoms with van der Waals surface area (Å²) in [6, 6.07) is 0. The first-order valence-corrected chi connectivity index (χ1v) is 7.40. The third-order valence-corrected chi connectivity index (χ3v) is 4.04. The zero-order chi connectivity index (χ0) is 13.9. The molecule has 2 saturated heterocycles. The van der Waals surface area contributed by atoms with Crippen LogP contribution in [-0.2, 0) is 14.3 Å².